The average Bonchev–Trinajstić information content (AvgIpc) is 2.70. The molecule has 1 aliphatic rings. The number of nitrogens with zero attached hydrogens (tertiary/aromatic N) is 2. The molecule has 6 nitrogen and oxygen atoms in total. The van der Waals surface area contributed by atoms with E-state index < -0.39 is 0 Å². The van der Waals surface area contributed by atoms with E-state index in [0.29, 0.717) is 24.5 Å². The fraction of sp³-hybridized carbons (Fsp3) is 0.600. The number of ether oxygens (including phenoxy) is 1. The summed E-state index contributed by atoms with van der Waals surface area (Å²) in [6.45, 7) is 4.79. The minimum Gasteiger partial charge on any atom is -0.479 e. The van der Waals surface area contributed by atoms with Crippen molar-refractivity contribution in [3.8, 4) is 5.88 Å². The van der Waals surface area contributed by atoms with Crippen molar-refractivity contribution in [2.24, 2.45) is 0 Å². The number of hydrogen-bond donors (Lipinski definition) is 1. The van der Waals surface area contributed by atoms with Gasteiger partial charge in [0.05, 0.1) is 12.7 Å². The van der Waals surface area contributed by atoms with Crippen LogP contribution < -0.4 is 10.1 Å². The van der Waals surface area contributed by atoms with Crippen molar-refractivity contribution in [3.63, 3.8) is 0 Å². The Morgan fingerprint density at radius 2 is 2.19 bits per heavy atom. The molecule has 1 N–H and O–H groups in total. The number of aromatic nitrogens is 1. The Balaban J connectivity index is 2.16. The highest BCUT2D eigenvalue weighted by molar-refractivity contribution is 5.93. The maximum absolute atomic E-state index is 12.1. The van der Waals surface area contributed by atoms with E-state index in [4.69, 9.17) is 9.26 Å². The maximum atomic E-state index is 12.1. The van der Waals surface area contributed by atoms with Crippen LogP contribution in [-0.2, 0) is 0 Å². The first-order valence-electron chi connectivity index (χ1n) is 5.24. The average molecular weight is 225 g/mol. The number of carbonyl (C=O) groups is 1. The molecule has 0 saturated carbocycles. The summed E-state index contributed by atoms with van der Waals surface area (Å²) in [5, 5.41) is 6.88. The fourth-order valence-electron chi connectivity index (χ4n) is 1.72. The van der Waals surface area contributed by atoms with E-state index in [-0.39, 0.29) is 11.7 Å². The van der Waals surface area contributed by atoms with Gasteiger partial charge in [-0.3, -0.25) is 4.79 Å². The van der Waals surface area contributed by atoms with Crippen LogP contribution in [0.4, 0.5) is 0 Å². The molecule has 1 aromatic rings. The number of piperazine rings is 1. The largest absolute Gasteiger partial charge is 0.479 e. The number of rotatable bonds is 2. The molecule has 1 aromatic heterocycles. The second kappa shape index (κ2) is 4.52. The van der Waals surface area contributed by atoms with Gasteiger partial charge in [0.2, 0.25) is 5.76 Å². The molecular weight excluding hydrogens is 210 g/mol. The van der Waals surface area contributed by atoms with Crippen molar-refractivity contribution in [2.75, 3.05) is 33.3 Å². The van der Waals surface area contributed by atoms with E-state index >= 15 is 0 Å². The minimum atomic E-state index is -0.116. The van der Waals surface area contributed by atoms with Crippen LogP contribution >= 0.6 is 0 Å². The summed E-state index contributed by atoms with van der Waals surface area (Å²) in [5.41, 5.74) is 0.658. The van der Waals surface area contributed by atoms with Gasteiger partial charge in [0, 0.05) is 26.2 Å². The van der Waals surface area contributed by atoms with Crippen LogP contribution in [0, 0.1) is 6.92 Å². The molecule has 16 heavy (non-hydrogen) atoms. The number of hydrogen-bond acceptors (Lipinski definition) is 5. The van der Waals surface area contributed by atoms with Crippen LogP contribution in [0.1, 0.15) is 16.1 Å². The lowest BCUT2D eigenvalue weighted by Crippen LogP contribution is -2.46. The summed E-state index contributed by atoms with van der Waals surface area (Å²) in [6.07, 6.45) is 0. The van der Waals surface area contributed by atoms with Crippen LogP contribution in [0.25, 0.3) is 0 Å². The van der Waals surface area contributed by atoms with Crippen LogP contribution in [0.5, 0.6) is 5.88 Å². The summed E-state index contributed by atoms with van der Waals surface area (Å²) in [7, 11) is 1.50. The summed E-state index contributed by atoms with van der Waals surface area (Å²) in [4.78, 5) is 13.8. The molecule has 0 spiro atoms. The lowest BCUT2D eigenvalue weighted by atomic mass is 10.2. The molecule has 0 aliphatic carbocycles. The predicted octanol–water partition coefficient (Wildman–Crippen LogP) is 0.0370. The van der Waals surface area contributed by atoms with Crippen molar-refractivity contribution in [2.45, 2.75) is 6.92 Å². The summed E-state index contributed by atoms with van der Waals surface area (Å²) >= 11 is 0. The van der Waals surface area contributed by atoms with Gasteiger partial charge in [-0.2, -0.15) is 0 Å². The topological polar surface area (TPSA) is 67.6 Å². The minimum absolute atomic E-state index is 0.116. The van der Waals surface area contributed by atoms with Crippen molar-refractivity contribution >= 4 is 5.91 Å². The normalized spacial score (nSPS) is 16.2. The van der Waals surface area contributed by atoms with Gasteiger partial charge in [-0.15, -0.1) is 0 Å². The van der Waals surface area contributed by atoms with Crippen molar-refractivity contribution in [3.05, 3.63) is 11.3 Å². The zero-order valence-corrected chi connectivity index (χ0v) is 9.45. The second-order valence-electron chi connectivity index (χ2n) is 3.69. The quantitative estimate of drug-likeness (QED) is 0.769. The molecule has 2 rings (SSSR count). The SMILES string of the molecule is COc1noc(C(=O)N2CCNCC2)c1C. The highest BCUT2D eigenvalue weighted by Crippen LogP contribution is 2.21. The molecule has 0 radical (unpaired) electrons. The first kappa shape index (κ1) is 10.9. The zero-order valence-electron chi connectivity index (χ0n) is 9.45. The smallest absolute Gasteiger partial charge is 0.292 e. The zero-order chi connectivity index (χ0) is 11.5. The second-order valence-corrected chi connectivity index (χ2v) is 3.69. The van der Waals surface area contributed by atoms with Gasteiger partial charge in [-0.05, 0) is 12.1 Å². The third kappa shape index (κ3) is 1.88. The third-order valence-corrected chi connectivity index (χ3v) is 2.67. The third-order valence-electron chi connectivity index (χ3n) is 2.67. The van der Waals surface area contributed by atoms with Crippen LogP contribution in [0.15, 0.2) is 4.52 Å². The number of amides is 1. The van der Waals surface area contributed by atoms with Crippen molar-refractivity contribution < 1.29 is 14.1 Å². The van der Waals surface area contributed by atoms with Crippen LogP contribution in [0.3, 0.4) is 0 Å². The first-order chi connectivity index (χ1) is 7.74. The molecule has 1 amide bonds. The van der Waals surface area contributed by atoms with E-state index in [1.54, 1.807) is 11.8 Å². The van der Waals surface area contributed by atoms with Gasteiger partial charge in [0.1, 0.15) is 0 Å². The Morgan fingerprint density at radius 3 is 2.75 bits per heavy atom. The molecule has 1 fully saturated rings. The Bertz CT molecular complexity index is 383. The molecule has 1 saturated heterocycles. The number of methoxy groups -OCH3 is 1. The van der Waals surface area contributed by atoms with Gasteiger partial charge in [-0.1, -0.05) is 0 Å². The standard InChI is InChI=1S/C10H15N3O3/c1-7-8(16-12-9(7)15-2)10(14)13-5-3-11-4-6-13/h11H,3-6H2,1-2H3. The van der Waals surface area contributed by atoms with Crippen molar-refractivity contribution in [1.29, 1.82) is 0 Å². The Kier molecular flexibility index (Phi) is 3.09. The molecule has 6 heteroatoms. The van der Waals surface area contributed by atoms with E-state index in [2.05, 4.69) is 10.5 Å². The molecule has 2 heterocycles. The molecule has 1 aliphatic heterocycles. The highest BCUT2D eigenvalue weighted by Gasteiger charge is 2.25. The Hall–Kier alpha value is -1.56. The first-order valence-corrected chi connectivity index (χ1v) is 5.24. The van der Waals surface area contributed by atoms with Crippen LogP contribution in [-0.4, -0.2) is 49.3 Å². The molecule has 0 atom stereocenters. The van der Waals surface area contributed by atoms with Gasteiger partial charge in [0.15, 0.2) is 0 Å². The van der Waals surface area contributed by atoms with E-state index in [0.717, 1.165) is 13.1 Å². The Labute approximate surface area is 93.5 Å². The fourth-order valence-corrected chi connectivity index (χ4v) is 1.72. The van der Waals surface area contributed by atoms with Crippen molar-refractivity contribution in [1.82, 2.24) is 15.4 Å². The molecule has 0 unspecified atom stereocenters. The predicted molar refractivity (Wildman–Crippen MR) is 56.6 cm³/mol. The molecular formula is C10H15N3O3. The van der Waals surface area contributed by atoms with E-state index in [9.17, 15) is 4.79 Å². The number of nitrogens with one attached hydrogen (secondary N) is 1. The lowest BCUT2D eigenvalue weighted by Gasteiger charge is -2.26. The van der Waals surface area contributed by atoms with E-state index in [1.165, 1.54) is 7.11 Å². The maximum Gasteiger partial charge on any atom is 0.292 e. The molecule has 0 aromatic carbocycles. The summed E-state index contributed by atoms with van der Waals surface area (Å²) in [5.74, 6) is 0.534. The van der Waals surface area contributed by atoms with Crippen LogP contribution in [0.2, 0.25) is 0 Å². The monoisotopic (exact) mass is 225 g/mol. The van der Waals surface area contributed by atoms with E-state index in [1.807, 2.05) is 0 Å². The van der Waals surface area contributed by atoms with Gasteiger partial charge in [-0.25, -0.2) is 0 Å². The Morgan fingerprint density at radius 1 is 1.50 bits per heavy atom. The van der Waals surface area contributed by atoms with Gasteiger partial charge >= 0.3 is 0 Å². The molecule has 0 bridgehead atoms. The number of carbonyl (C=O) groups excluding carboxylic acids is 1. The molecule has 88 valence electrons. The lowest BCUT2D eigenvalue weighted by molar-refractivity contribution is 0.0692. The highest BCUT2D eigenvalue weighted by atomic mass is 16.5. The van der Waals surface area contributed by atoms with Gasteiger partial charge in [0.25, 0.3) is 11.8 Å². The summed E-state index contributed by atoms with van der Waals surface area (Å²) in [6, 6.07) is 0. The van der Waals surface area contributed by atoms with Gasteiger partial charge < -0.3 is 19.5 Å². The summed E-state index contributed by atoms with van der Waals surface area (Å²) < 4.78 is 9.99.